The number of thiophene rings is 1. The maximum atomic E-state index is 13.7. The molecule has 0 aliphatic carbocycles. The number of fused-ring (bicyclic) bond motifs is 1. The van der Waals surface area contributed by atoms with Crippen LogP contribution in [0.1, 0.15) is 39.6 Å². The van der Waals surface area contributed by atoms with Crippen molar-refractivity contribution in [1.29, 1.82) is 0 Å². The van der Waals surface area contributed by atoms with Gasteiger partial charge in [-0.05, 0) is 39.5 Å². The lowest BCUT2D eigenvalue weighted by molar-refractivity contribution is -0.173. The highest BCUT2D eigenvalue weighted by Crippen LogP contribution is 2.46. The van der Waals surface area contributed by atoms with E-state index in [0.717, 1.165) is 9.56 Å². The van der Waals surface area contributed by atoms with Gasteiger partial charge in [0.15, 0.2) is 11.7 Å². The normalized spacial score (nSPS) is 19.1. The van der Waals surface area contributed by atoms with Crippen LogP contribution in [0, 0.1) is 0 Å². The van der Waals surface area contributed by atoms with Crippen LogP contribution >= 0.6 is 27.3 Å². The molecule has 2 N–H and O–H groups in total. The van der Waals surface area contributed by atoms with E-state index in [1.54, 1.807) is 24.3 Å². The topological polar surface area (TPSA) is 72.1 Å². The fourth-order valence-corrected chi connectivity index (χ4v) is 4.42. The smallest absolute Gasteiger partial charge is 0.410 e. The molecule has 0 spiro atoms. The molecule has 1 amide bonds. The van der Waals surface area contributed by atoms with Crippen molar-refractivity contribution in [2.75, 3.05) is 5.32 Å². The molecule has 2 atom stereocenters. The van der Waals surface area contributed by atoms with Crippen LogP contribution in [0.25, 0.3) is 0 Å². The summed E-state index contributed by atoms with van der Waals surface area (Å²) in [6, 6.07) is 4.58. The Bertz CT molecular complexity index is 970. The molecule has 1 aliphatic heterocycles. The van der Waals surface area contributed by atoms with Crippen molar-refractivity contribution in [2.45, 2.75) is 31.2 Å². The van der Waals surface area contributed by atoms with Crippen molar-refractivity contribution in [3.05, 3.63) is 56.7 Å². The standard InChI is InChI=1S/C17H14BrF3N4O2S/c18-13-14(16(26)22-8-9-3-1-5-27-9)24-25-12(17(19,20)21)7-10(23-15(13)25)11-4-2-6-28-11/h1-6,10,12,23H,7-8H2,(H,22,26)/t10-,12+/m0/s1. The number of anilines is 1. The first-order chi connectivity index (χ1) is 13.3. The Morgan fingerprint density at radius 2 is 2.25 bits per heavy atom. The number of rotatable bonds is 4. The number of aromatic nitrogens is 2. The Morgan fingerprint density at radius 1 is 1.43 bits per heavy atom. The zero-order valence-corrected chi connectivity index (χ0v) is 16.6. The van der Waals surface area contributed by atoms with E-state index in [4.69, 9.17) is 4.42 Å². The van der Waals surface area contributed by atoms with Crippen LogP contribution in [0.15, 0.2) is 44.8 Å². The van der Waals surface area contributed by atoms with E-state index in [0.29, 0.717) is 5.76 Å². The molecule has 3 aromatic heterocycles. The Balaban J connectivity index is 1.65. The molecule has 148 valence electrons. The summed E-state index contributed by atoms with van der Waals surface area (Å²) in [5.74, 6) is 0.0631. The number of carbonyl (C=O) groups is 1. The number of nitrogens with one attached hydrogen (secondary N) is 2. The Morgan fingerprint density at radius 3 is 2.89 bits per heavy atom. The number of halogens is 4. The molecule has 0 saturated heterocycles. The molecule has 3 aromatic rings. The average molecular weight is 475 g/mol. The van der Waals surface area contributed by atoms with Crippen LogP contribution < -0.4 is 10.6 Å². The van der Waals surface area contributed by atoms with Gasteiger partial charge in [0.2, 0.25) is 0 Å². The maximum absolute atomic E-state index is 13.7. The second-order valence-corrected chi connectivity index (χ2v) is 8.00. The van der Waals surface area contributed by atoms with Crippen LogP contribution in [-0.4, -0.2) is 21.9 Å². The SMILES string of the molecule is O=C(NCc1ccco1)c1nn2c(c1Br)N[C@H](c1cccs1)C[C@@H]2C(F)(F)F. The molecule has 0 aromatic carbocycles. The average Bonchev–Trinajstić information content (AvgIpc) is 3.40. The summed E-state index contributed by atoms with van der Waals surface area (Å²) >= 11 is 4.63. The first kappa shape index (κ1) is 19.1. The minimum Gasteiger partial charge on any atom is -0.467 e. The number of nitrogens with zero attached hydrogens (tertiary/aromatic N) is 2. The van der Waals surface area contributed by atoms with Crippen LogP contribution in [-0.2, 0) is 6.54 Å². The fourth-order valence-electron chi connectivity index (χ4n) is 3.07. The fraction of sp³-hybridized carbons (Fsp3) is 0.294. The summed E-state index contributed by atoms with van der Waals surface area (Å²) < 4.78 is 47.3. The van der Waals surface area contributed by atoms with Gasteiger partial charge in [0, 0.05) is 11.3 Å². The minimum absolute atomic E-state index is 0.106. The number of carbonyl (C=O) groups excluding carboxylic acids is 1. The molecular weight excluding hydrogens is 461 g/mol. The Kier molecular flexibility index (Phi) is 4.96. The molecule has 0 bridgehead atoms. The Hall–Kier alpha value is -2.27. The van der Waals surface area contributed by atoms with Gasteiger partial charge in [0.25, 0.3) is 5.91 Å². The molecule has 0 unspecified atom stereocenters. The molecule has 0 radical (unpaired) electrons. The van der Waals surface area contributed by atoms with Crippen LogP contribution in [0.3, 0.4) is 0 Å². The van der Waals surface area contributed by atoms with Gasteiger partial charge in [-0.1, -0.05) is 6.07 Å². The predicted octanol–water partition coefficient (Wildman–Crippen LogP) is 4.89. The first-order valence-electron chi connectivity index (χ1n) is 8.30. The van der Waals surface area contributed by atoms with E-state index >= 15 is 0 Å². The molecule has 0 fully saturated rings. The van der Waals surface area contributed by atoms with Gasteiger partial charge in [-0.3, -0.25) is 4.79 Å². The van der Waals surface area contributed by atoms with E-state index in [2.05, 4.69) is 31.7 Å². The lowest BCUT2D eigenvalue weighted by Gasteiger charge is -2.33. The lowest BCUT2D eigenvalue weighted by atomic mass is 10.0. The number of hydrogen-bond acceptors (Lipinski definition) is 5. The van der Waals surface area contributed by atoms with Gasteiger partial charge in [-0.2, -0.15) is 18.3 Å². The van der Waals surface area contributed by atoms with E-state index < -0.39 is 24.2 Å². The van der Waals surface area contributed by atoms with Gasteiger partial charge >= 0.3 is 6.18 Å². The van der Waals surface area contributed by atoms with Crippen molar-refractivity contribution < 1.29 is 22.4 Å². The minimum atomic E-state index is -4.50. The highest BCUT2D eigenvalue weighted by molar-refractivity contribution is 9.10. The summed E-state index contributed by atoms with van der Waals surface area (Å²) in [7, 11) is 0. The van der Waals surface area contributed by atoms with Gasteiger partial charge in [-0.15, -0.1) is 11.3 Å². The predicted molar refractivity (Wildman–Crippen MR) is 100 cm³/mol. The maximum Gasteiger partial charge on any atom is 0.410 e. The van der Waals surface area contributed by atoms with Crippen molar-refractivity contribution in [3.8, 4) is 0 Å². The van der Waals surface area contributed by atoms with Gasteiger partial charge in [0.1, 0.15) is 11.6 Å². The summed E-state index contributed by atoms with van der Waals surface area (Å²) in [5.41, 5.74) is -0.116. The third-order valence-corrected chi connectivity index (χ3v) is 6.14. The van der Waals surface area contributed by atoms with Crippen LogP contribution in [0.2, 0.25) is 0 Å². The summed E-state index contributed by atoms with van der Waals surface area (Å²) in [6.07, 6.45) is -3.24. The molecule has 28 heavy (non-hydrogen) atoms. The van der Waals surface area contributed by atoms with Crippen LogP contribution in [0.5, 0.6) is 0 Å². The van der Waals surface area contributed by atoms with Gasteiger partial charge in [0.05, 0.1) is 23.3 Å². The number of alkyl halides is 3. The number of furan rings is 1. The molecular formula is C17H14BrF3N4O2S. The zero-order valence-electron chi connectivity index (χ0n) is 14.2. The molecule has 4 heterocycles. The zero-order chi connectivity index (χ0) is 19.9. The van der Waals surface area contributed by atoms with Gasteiger partial charge in [-0.25, -0.2) is 4.68 Å². The Labute approximate surface area is 169 Å². The highest BCUT2D eigenvalue weighted by atomic mass is 79.9. The molecule has 4 rings (SSSR count). The van der Waals surface area contributed by atoms with E-state index in [1.165, 1.54) is 17.6 Å². The largest absolute Gasteiger partial charge is 0.467 e. The van der Waals surface area contributed by atoms with Crippen molar-refractivity contribution in [1.82, 2.24) is 15.1 Å². The molecule has 0 saturated carbocycles. The quantitative estimate of drug-likeness (QED) is 0.564. The summed E-state index contributed by atoms with van der Waals surface area (Å²) in [5, 5.41) is 11.5. The van der Waals surface area contributed by atoms with Gasteiger partial charge < -0.3 is 15.1 Å². The van der Waals surface area contributed by atoms with E-state index in [-0.39, 0.29) is 29.0 Å². The summed E-state index contributed by atoms with van der Waals surface area (Å²) in [6.45, 7) is 0.106. The molecule has 11 heteroatoms. The molecule has 6 nitrogen and oxygen atoms in total. The van der Waals surface area contributed by atoms with Crippen LogP contribution in [0.4, 0.5) is 19.0 Å². The van der Waals surface area contributed by atoms with E-state index in [1.807, 2.05) is 5.38 Å². The second kappa shape index (κ2) is 7.28. The third kappa shape index (κ3) is 3.55. The van der Waals surface area contributed by atoms with Crippen molar-refractivity contribution in [2.24, 2.45) is 0 Å². The molecule has 1 aliphatic rings. The monoisotopic (exact) mass is 474 g/mol. The van der Waals surface area contributed by atoms with E-state index in [9.17, 15) is 18.0 Å². The summed E-state index contributed by atoms with van der Waals surface area (Å²) in [4.78, 5) is 13.3. The van der Waals surface area contributed by atoms with Crippen molar-refractivity contribution in [3.63, 3.8) is 0 Å². The lowest BCUT2D eigenvalue weighted by Crippen LogP contribution is -2.35. The van der Waals surface area contributed by atoms with Crippen molar-refractivity contribution >= 4 is 39.0 Å². The second-order valence-electron chi connectivity index (χ2n) is 6.22. The number of hydrogen-bond donors (Lipinski definition) is 2. The number of amides is 1. The first-order valence-corrected chi connectivity index (χ1v) is 9.97. The third-order valence-electron chi connectivity index (χ3n) is 4.40. The highest BCUT2D eigenvalue weighted by Gasteiger charge is 2.47.